The van der Waals surface area contributed by atoms with Crippen LogP contribution in [0.2, 0.25) is 0 Å². The van der Waals surface area contributed by atoms with E-state index in [-0.39, 0.29) is 23.3 Å². The Hall–Kier alpha value is -2.49. The van der Waals surface area contributed by atoms with Crippen molar-refractivity contribution in [2.75, 3.05) is 40.3 Å². The number of urea groups is 1. The molecule has 2 amide bonds. The fourth-order valence-electron chi connectivity index (χ4n) is 3.36. The summed E-state index contributed by atoms with van der Waals surface area (Å²) in [6, 6.07) is 13.1. The predicted octanol–water partition coefficient (Wildman–Crippen LogP) is 2.10. The molecule has 0 spiro atoms. The lowest BCUT2D eigenvalue weighted by Crippen LogP contribution is -2.51. The van der Waals surface area contributed by atoms with Crippen molar-refractivity contribution in [1.29, 1.82) is 0 Å². The van der Waals surface area contributed by atoms with Gasteiger partial charge in [-0.2, -0.15) is 0 Å². The van der Waals surface area contributed by atoms with Gasteiger partial charge in [0.05, 0.1) is 4.90 Å². The summed E-state index contributed by atoms with van der Waals surface area (Å²) in [6.07, 6.45) is 0. The molecule has 162 valence electrons. The number of sulfonamides is 1. The van der Waals surface area contributed by atoms with Gasteiger partial charge in [-0.1, -0.05) is 36.4 Å². The monoisotopic (exact) mass is 434 g/mol. The molecule has 0 atom stereocenters. The summed E-state index contributed by atoms with van der Waals surface area (Å²) >= 11 is 0. The van der Waals surface area contributed by atoms with E-state index in [2.05, 4.69) is 10.2 Å². The third kappa shape index (κ3) is 5.16. The molecule has 0 radical (unpaired) electrons. The molecule has 0 unspecified atom stereocenters. The van der Waals surface area contributed by atoms with Crippen LogP contribution in [0.5, 0.6) is 0 Å². The average Bonchev–Trinajstić information content (AvgIpc) is 2.74. The number of hydrogen-bond donors (Lipinski definition) is 1. The smallest absolute Gasteiger partial charge is 0.317 e. The molecule has 1 saturated heterocycles. The van der Waals surface area contributed by atoms with Crippen molar-refractivity contribution in [2.24, 2.45) is 0 Å². The Kier molecular flexibility index (Phi) is 7.06. The standard InChI is InChI=1S/C21H27FN4O3S/c1-24(2)30(28,29)20-10-6-4-7-17(20)15-23-21(27)26-13-11-25(12-14-26)16-18-8-3-5-9-19(18)22/h3-10H,11-16H2,1-2H3,(H,23,27). The number of halogens is 1. The van der Waals surface area contributed by atoms with Gasteiger partial charge in [0.1, 0.15) is 5.82 Å². The molecule has 0 bridgehead atoms. The molecule has 0 saturated carbocycles. The molecular weight excluding hydrogens is 407 g/mol. The first-order valence-electron chi connectivity index (χ1n) is 9.78. The number of nitrogens with zero attached hydrogens (tertiary/aromatic N) is 3. The number of rotatable bonds is 6. The SMILES string of the molecule is CN(C)S(=O)(=O)c1ccccc1CNC(=O)N1CCN(Cc2ccccc2F)CC1. The maximum atomic E-state index is 13.8. The minimum atomic E-state index is -3.59. The molecule has 1 heterocycles. The van der Waals surface area contributed by atoms with Crippen LogP contribution in [0.3, 0.4) is 0 Å². The van der Waals surface area contributed by atoms with Gasteiger partial charge < -0.3 is 10.2 Å². The van der Waals surface area contributed by atoms with Crippen LogP contribution < -0.4 is 5.32 Å². The van der Waals surface area contributed by atoms with Crippen molar-refractivity contribution in [1.82, 2.24) is 19.4 Å². The van der Waals surface area contributed by atoms with Gasteiger partial charge in [-0.15, -0.1) is 0 Å². The van der Waals surface area contributed by atoms with Crippen molar-refractivity contribution < 1.29 is 17.6 Å². The van der Waals surface area contributed by atoms with E-state index in [0.29, 0.717) is 43.9 Å². The van der Waals surface area contributed by atoms with Gasteiger partial charge in [0.15, 0.2) is 0 Å². The Bertz CT molecular complexity index is 989. The van der Waals surface area contributed by atoms with Crippen molar-refractivity contribution >= 4 is 16.1 Å². The van der Waals surface area contributed by atoms with E-state index in [0.717, 1.165) is 4.31 Å². The van der Waals surface area contributed by atoms with E-state index in [1.807, 2.05) is 6.07 Å². The van der Waals surface area contributed by atoms with Gasteiger partial charge in [-0.25, -0.2) is 21.9 Å². The molecule has 0 aromatic heterocycles. The maximum absolute atomic E-state index is 13.8. The van der Waals surface area contributed by atoms with Gasteiger partial charge in [0.2, 0.25) is 10.0 Å². The molecule has 1 aliphatic heterocycles. The van der Waals surface area contributed by atoms with Gasteiger partial charge >= 0.3 is 6.03 Å². The lowest BCUT2D eigenvalue weighted by Gasteiger charge is -2.34. The van der Waals surface area contributed by atoms with E-state index in [4.69, 9.17) is 0 Å². The minimum absolute atomic E-state index is 0.123. The fourth-order valence-corrected chi connectivity index (χ4v) is 4.47. The predicted molar refractivity (Wildman–Crippen MR) is 113 cm³/mol. The van der Waals surface area contributed by atoms with E-state index in [9.17, 15) is 17.6 Å². The quantitative estimate of drug-likeness (QED) is 0.756. The zero-order valence-electron chi connectivity index (χ0n) is 17.2. The van der Waals surface area contributed by atoms with Gasteiger partial charge in [0.25, 0.3) is 0 Å². The van der Waals surface area contributed by atoms with Gasteiger partial charge in [-0.05, 0) is 17.7 Å². The molecule has 3 rings (SSSR count). The van der Waals surface area contributed by atoms with Gasteiger partial charge in [0, 0.05) is 58.9 Å². The van der Waals surface area contributed by atoms with E-state index >= 15 is 0 Å². The molecular formula is C21H27FN4O3S. The summed E-state index contributed by atoms with van der Waals surface area (Å²) in [4.78, 5) is 16.6. The maximum Gasteiger partial charge on any atom is 0.317 e. The summed E-state index contributed by atoms with van der Waals surface area (Å²) in [5.74, 6) is -0.219. The number of piperazine rings is 1. The van der Waals surface area contributed by atoms with Crippen LogP contribution in [-0.4, -0.2) is 68.8 Å². The first-order valence-corrected chi connectivity index (χ1v) is 11.2. The molecule has 1 N–H and O–H groups in total. The zero-order chi connectivity index (χ0) is 21.7. The fraction of sp³-hybridized carbons (Fsp3) is 0.381. The summed E-state index contributed by atoms with van der Waals surface area (Å²) in [5, 5.41) is 2.82. The second-order valence-electron chi connectivity index (χ2n) is 7.41. The number of hydrogen-bond acceptors (Lipinski definition) is 4. The topological polar surface area (TPSA) is 73.0 Å². The molecule has 1 fully saturated rings. The molecule has 0 aliphatic carbocycles. The molecule has 7 nitrogen and oxygen atoms in total. The molecule has 1 aliphatic rings. The van der Waals surface area contributed by atoms with Crippen LogP contribution in [0.15, 0.2) is 53.4 Å². The lowest BCUT2D eigenvalue weighted by molar-refractivity contribution is 0.134. The highest BCUT2D eigenvalue weighted by molar-refractivity contribution is 7.89. The first-order chi connectivity index (χ1) is 14.3. The molecule has 9 heteroatoms. The number of nitrogens with one attached hydrogen (secondary N) is 1. The Labute approximate surface area is 177 Å². The summed E-state index contributed by atoms with van der Waals surface area (Å²) in [7, 11) is -0.634. The zero-order valence-corrected chi connectivity index (χ0v) is 18.0. The Morgan fingerprint density at radius 2 is 1.60 bits per heavy atom. The molecule has 30 heavy (non-hydrogen) atoms. The van der Waals surface area contributed by atoms with Crippen LogP contribution in [0.25, 0.3) is 0 Å². The molecule has 2 aromatic rings. The third-order valence-electron chi connectivity index (χ3n) is 5.17. The summed E-state index contributed by atoms with van der Waals surface area (Å²) in [6.45, 7) is 2.98. The number of carbonyl (C=O) groups is 1. The largest absolute Gasteiger partial charge is 0.334 e. The van der Waals surface area contributed by atoms with Crippen molar-refractivity contribution in [3.05, 3.63) is 65.5 Å². The first kappa shape index (κ1) is 22.2. The van der Waals surface area contributed by atoms with E-state index in [1.54, 1.807) is 35.2 Å². The third-order valence-corrected chi connectivity index (χ3v) is 7.09. The Balaban J connectivity index is 1.55. The minimum Gasteiger partial charge on any atom is -0.334 e. The summed E-state index contributed by atoms with van der Waals surface area (Å²) < 4.78 is 39.9. The van der Waals surface area contributed by atoms with Gasteiger partial charge in [-0.3, -0.25) is 4.90 Å². The normalized spacial score (nSPS) is 15.4. The summed E-state index contributed by atoms with van der Waals surface area (Å²) in [5.41, 5.74) is 1.19. The average molecular weight is 435 g/mol. The van der Waals surface area contributed by atoms with Crippen LogP contribution in [0.1, 0.15) is 11.1 Å². The highest BCUT2D eigenvalue weighted by Gasteiger charge is 2.24. The van der Waals surface area contributed by atoms with Crippen molar-refractivity contribution in [3.63, 3.8) is 0 Å². The van der Waals surface area contributed by atoms with E-state index in [1.165, 1.54) is 26.2 Å². The van der Waals surface area contributed by atoms with Crippen LogP contribution >= 0.6 is 0 Å². The lowest BCUT2D eigenvalue weighted by atomic mass is 10.2. The van der Waals surface area contributed by atoms with Crippen LogP contribution in [0, 0.1) is 5.82 Å². The van der Waals surface area contributed by atoms with Crippen molar-refractivity contribution in [2.45, 2.75) is 18.0 Å². The highest BCUT2D eigenvalue weighted by Crippen LogP contribution is 2.18. The number of benzene rings is 2. The van der Waals surface area contributed by atoms with E-state index < -0.39 is 10.0 Å². The van der Waals surface area contributed by atoms with Crippen LogP contribution in [0.4, 0.5) is 9.18 Å². The molecule has 2 aromatic carbocycles. The second kappa shape index (κ2) is 9.55. The van der Waals surface area contributed by atoms with Crippen molar-refractivity contribution in [3.8, 4) is 0 Å². The second-order valence-corrected chi connectivity index (χ2v) is 9.53. The highest BCUT2D eigenvalue weighted by atomic mass is 32.2. The Morgan fingerprint density at radius 1 is 1.00 bits per heavy atom. The number of amides is 2. The van der Waals surface area contributed by atoms with Crippen LogP contribution in [-0.2, 0) is 23.1 Å². The Morgan fingerprint density at radius 3 is 2.23 bits per heavy atom. The number of carbonyl (C=O) groups excluding carboxylic acids is 1.